The zero-order valence-corrected chi connectivity index (χ0v) is 18.9. The van der Waals surface area contributed by atoms with E-state index in [2.05, 4.69) is 9.97 Å². The summed E-state index contributed by atoms with van der Waals surface area (Å²) >= 11 is 1.59. The molecule has 0 unspecified atom stereocenters. The van der Waals surface area contributed by atoms with E-state index >= 15 is 0 Å². The Kier molecular flexibility index (Phi) is 6.05. The van der Waals surface area contributed by atoms with E-state index in [1.807, 2.05) is 32.9 Å². The van der Waals surface area contributed by atoms with Crippen molar-refractivity contribution in [3.8, 4) is 0 Å². The molecule has 0 saturated carbocycles. The number of aromatic nitrogens is 2. The molecule has 0 aliphatic heterocycles. The third-order valence-electron chi connectivity index (χ3n) is 5.76. The van der Waals surface area contributed by atoms with E-state index in [0.717, 1.165) is 52.8 Å². The first-order chi connectivity index (χ1) is 14.8. The molecule has 0 fully saturated rings. The minimum Gasteiger partial charge on any atom is -0.457 e. The van der Waals surface area contributed by atoms with Gasteiger partial charge in [0.05, 0.1) is 11.8 Å². The number of rotatable bonds is 6. The number of esters is 1. The maximum absolute atomic E-state index is 12.6. The van der Waals surface area contributed by atoms with Gasteiger partial charge in [0.2, 0.25) is 5.78 Å². The zero-order valence-electron chi connectivity index (χ0n) is 18.1. The number of thiophene rings is 1. The van der Waals surface area contributed by atoms with Gasteiger partial charge in [0.25, 0.3) is 5.56 Å². The van der Waals surface area contributed by atoms with Crippen LogP contribution >= 0.6 is 11.3 Å². The van der Waals surface area contributed by atoms with Crippen LogP contribution in [-0.4, -0.2) is 28.3 Å². The molecule has 1 aliphatic rings. The van der Waals surface area contributed by atoms with Crippen LogP contribution in [0.5, 0.6) is 0 Å². The quantitative estimate of drug-likeness (QED) is 0.461. The molecule has 1 aromatic carbocycles. The maximum Gasteiger partial charge on any atom is 0.306 e. The molecule has 3 aromatic rings. The molecule has 1 N–H and O–H groups in total. The second-order valence-corrected chi connectivity index (χ2v) is 9.34. The number of aryl methyl sites for hydroxylation is 6. The number of nitrogens with one attached hydrogen (secondary N) is 1. The molecule has 0 spiro atoms. The molecular weight excluding hydrogens is 412 g/mol. The Morgan fingerprint density at radius 3 is 2.58 bits per heavy atom. The number of aromatic amines is 1. The van der Waals surface area contributed by atoms with Crippen molar-refractivity contribution in [1.82, 2.24) is 9.97 Å². The van der Waals surface area contributed by atoms with Crippen molar-refractivity contribution in [3.63, 3.8) is 0 Å². The minimum absolute atomic E-state index is 0.0542. The maximum atomic E-state index is 12.6. The molecule has 4 rings (SSSR count). The summed E-state index contributed by atoms with van der Waals surface area (Å²) in [6.45, 7) is 5.46. The molecule has 0 amide bonds. The monoisotopic (exact) mass is 438 g/mol. The summed E-state index contributed by atoms with van der Waals surface area (Å²) < 4.78 is 5.20. The first kappa shape index (κ1) is 21.4. The number of ether oxygens (including phenoxy) is 1. The largest absolute Gasteiger partial charge is 0.457 e. The Bertz CT molecular complexity index is 1220. The standard InChI is InChI=1S/C24H26N2O4S/c1-13-10-14(2)21(15(3)11-13)17(27)12-30-20(28)9-8-19-25-23(29)22-16-6-4-5-7-18(16)31-24(22)26-19/h10-11H,4-9,12H2,1-3H3,(H,25,26,29). The highest BCUT2D eigenvalue weighted by molar-refractivity contribution is 7.18. The van der Waals surface area contributed by atoms with Gasteiger partial charge in [0.1, 0.15) is 10.7 Å². The molecule has 2 aromatic heterocycles. The van der Waals surface area contributed by atoms with Gasteiger partial charge in [-0.2, -0.15) is 0 Å². The van der Waals surface area contributed by atoms with Crippen molar-refractivity contribution in [2.45, 2.75) is 59.3 Å². The molecule has 1 aliphatic carbocycles. The third kappa shape index (κ3) is 4.46. The van der Waals surface area contributed by atoms with E-state index in [4.69, 9.17) is 4.74 Å². The summed E-state index contributed by atoms with van der Waals surface area (Å²) in [5.74, 6) is -0.214. The zero-order chi connectivity index (χ0) is 22.1. The fourth-order valence-corrected chi connectivity index (χ4v) is 5.74. The number of ketones is 1. The van der Waals surface area contributed by atoms with Crippen LogP contribution in [0.3, 0.4) is 0 Å². The highest BCUT2D eigenvalue weighted by Gasteiger charge is 2.20. The van der Waals surface area contributed by atoms with Crippen LogP contribution in [0, 0.1) is 20.8 Å². The number of hydrogen-bond acceptors (Lipinski definition) is 6. The summed E-state index contributed by atoms with van der Waals surface area (Å²) in [5, 5.41) is 0.709. The summed E-state index contributed by atoms with van der Waals surface area (Å²) in [6, 6.07) is 3.89. The van der Waals surface area contributed by atoms with Gasteiger partial charge >= 0.3 is 5.97 Å². The number of fused-ring (bicyclic) bond motifs is 3. The topological polar surface area (TPSA) is 89.1 Å². The normalized spacial score (nSPS) is 13.3. The predicted octanol–water partition coefficient (Wildman–Crippen LogP) is 4.15. The Balaban J connectivity index is 1.38. The highest BCUT2D eigenvalue weighted by atomic mass is 32.1. The average Bonchev–Trinajstić information content (AvgIpc) is 3.08. The van der Waals surface area contributed by atoms with Crippen LogP contribution in [0.4, 0.5) is 0 Å². The molecule has 2 heterocycles. The molecule has 0 radical (unpaired) electrons. The molecule has 0 bridgehead atoms. The Morgan fingerprint density at radius 1 is 1.13 bits per heavy atom. The summed E-state index contributed by atoms with van der Waals surface area (Å²) in [7, 11) is 0. The number of carbonyl (C=O) groups is 2. The van der Waals surface area contributed by atoms with E-state index in [9.17, 15) is 14.4 Å². The fraction of sp³-hybridized carbons (Fsp3) is 0.417. The van der Waals surface area contributed by atoms with Gasteiger partial charge in [-0.3, -0.25) is 14.4 Å². The van der Waals surface area contributed by atoms with Gasteiger partial charge in [0.15, 0.2) is 6.61 Å². The second kappa shape index (κ2) is 8.75. The van der Waals surface area contributed by atoms with Crippen LogP contribution in [-0.2, 0) is 28.8 Å². The van der Waals surface area contributed by atoms with Gasteiger partial charge in [-0.25, -0.2) is 4.98 Å². The number of benzene rings is 1. The van der Waals surface area contributed by atoms with Crippen molar-refractivity contribution in [2.75, 3.05) is 6.61 Å². The Morgan fingerprint density at radius 2 is 1.84 bits per heavy atom. The summed E-state index contributed by atoms with van der Waals surface area (Å²) in [4.78, 5) is 46.7. The van der Waals surface area contributed by atoms with Crippen LogP contribution in [0.25, 0.3) is 10.2 Å². The van der Waals surface area contributed by atoms with Crippen molar-refractivity contribution < 1.29 is 14.3 Å². The first-order valence-electron chi connectivity index (χ1n) is 10.6. The first-order valence-corrected chi connectivity index (χ1v) is 11.4. The van der Waals surface area contributed by atoms with Crippen molar-refractivity contribution in [2.24, 2.45) is 0 Å². The Hall–Kier alpha value is -2.80. The molecule has 0 saturated heterocycles. The third-order valence-corrected chi connectivity index (χ3v) is 6.95. The number of Topliss-reactive ketones (excluding diaryl/α,β-unsaturated/α-hetero) is 1. The minimum atomic E-state index is -0.482. The van der Waals surface area contributed by atoms with E-state index in [-0.39, 0.29) is 30.8 Å². The van der Waals surface area contributed by atoms with Crippen molar-refractivity contribution in [1.29, 1.82) is 0 Å². The molecular formula is C24H26N2O4S. The van der Waals surface area contributed by atoms with Gasteiger partial charge in [-0.05, 0) is 63.1 Å². The molecule has 6 nitrogen and oxygen atoms in total. The molecule has 0 atom stereocenters. The number of hydrogen-bond donors (Lipinski definition) is 1. The molecule has 162 valence electrons. The van der Waals surface area contributed by atoms with Crippen LogP contribution in [0.15, 0.2) is 16.9 Å². The van der Waals surface area contributed by atoms with Crippen LogP contribution in [0.2, 0.25) is 0 Å². The lowest BCUT2D eigenvalue weighted by Crippen LogP contribution is -2.18. The van der Waals surface area contributed by atoms with E-state index in [1.54, 1.807) is 11.3 Å². The Labute approximate surface area is 184 Å². The number of H-pyrrole nitrogens is 1. The lowest BCUT2D eigenvalue weighted by Gasteiger charge is -2.11. The van der Waals surface area contributed by atoms with Crippen molar-refractivity contribution in [3.05, 3.63) is 61.0 Å². The SMILES string of the molecule is Cc1cc(C)c(C(=O)COC(=O)CCc2nc3sc4c(c3c(=O)[nH]2)CCCC4)c(C)c1. The molecule has 7 heteroatoms. The van der Waals surface area contributed by atoms with E-state index < -0.39 is 5.97 Å². The summed E-state index contributed by atoms with van der Waals surface area (Å²) in [5.41, 5.74) is 4.48. The second-order valence-electron chi connectivity index (χ2n) is 8.26. The smallest absolute Gasteiger partial charge is 0.306 e. The predicted molar refractivity (Wildman–Crippen MR) is 121 cm³/mol. The van der Waals surface area contributed by atoms with Gasteiger partial charge in [-0.15, -0.1) is 11.3 Å². The fourth-order valence-electron chi connectivity index (χ4n) is 4.46. The lowest BCUT2D eigenvalue weighted by atomic mass is 9.97. The lowest BCUT2D eigenvalue weighted by molar-refractivity contribution is -0.142. The van der Waals surface area contributed by atoms with Crippen LogP contribution < -0.4 is 5.56 Å². The van der Waals surface area contributed by atoms with Gasteiger partial charge < -0.3 is 9.72 Å². The number of nitrogens with zero attached hydrogens (tertiary/aromatic N) is 1. The molecule has 31 heavy (non-hydrogen) atoms. The van der Waals surface area contributed by atoms with Crippen molar-refractivity contribution >= 4 is 33.3 Å². The number of carbonyl (C=O) groups excluding carboxylic acids is 2. The van der Waals surface area contributed by atoms with E-state index in [0.29, 0.717) is 16.8 Å². The van der Waals surface area contributed by atoms with Gasteiger partial charge in [0, 0.05) is 16.9 Å². The average molecular weight is 439 g/mol. The van der Waals surface area contributed by atoms with Gasteiger partial charge in [-0.1, -0.05) is 17.7 Å². The van der Waals surface area contributed by atoms with E-state index in [1.165, 1.54) is 4.88 Å². The van der Waals surface area contributed by atoms with Crippen LogP contribution in [0.1, 0.15) is 62.6 Å². The summed E-state index contributed by atoms with van der Waals surface area (Å²) in [6.07, 6.45) is 4.51. The highest BCUT2D eigenvalue weighted by Crippen LogP contribution is 2.33.